The van der Waals surface area contributed by atoms with E-state index in [1.54, 1.807) is 29.2 Å². The van der Waals surface area contributed by atoms with Gasteiger partial charge in [-0.15, -0.1) is 0 Å². The topological polar surface area (TPSA) is 88.0 Å². The first kappa shape index (κ1) is 18.0. The molecule has 28 heavy (non-hydrogen) atoms. The number of carbonyl (C=O) groups excluding carboxylic acids is 1. The van der Waals surface area contributed by atoms with Gasteiger partial charge in [-0.25, -0.2) is 4.79 Å². The first-order chi connectivity index (χ1) is 13.6. The molecule has 8 nitrogen and oxygen atoms in total. The molecule has 0 radical (unpaired) electrons. The highest BCUT2D eigenvalue weighted by molar-refractivity contribution is 6.00. The van der Waals surface area contributed by atoms with Gasteiger partial charge < -0.3 is 23.7 Å². The first-order valence-electron chi connectivity index (χ1n) is 8.99. The Bertz CT molecular complexity index is 1040. The van der Waals surface area contributed by atoms with Crippen LogP contribution in [0.5, 0.6) is 11.5 Å². The summed E-state index contributed by atoms with van der Waals surface area (Å²) in [6.45, 7) is 2.31. The molecule has 3 aromatic rings. The highest BCUT2D eigenvalue weighted by Gasteiger charge is 2.28. The fourth-order valence-electron chi connectivity index (χ4n) is 3.58. The summed E-state index contributed by atoms with van der Waals surface area (Å²) in [5.74, 6) is 0.385. The number of hydrogen-bond acceptors (Lipinski definition) is 6. The number of nitrogens with zero attached hydrogens (tertiary/aromatic N) is 2. The van der Waals surface area contributed by atoms with Gasteiger partial charge in [0.15, 0.2) is 5.58 Å². The molecule has 0 bridgehead atoms. The number of benzene rings is 2. The monoisotopic (exact) mass is 383 g/mol. The van der Waals surface area contributed by atoms with Crippen LogP contribution in [-0.2, 0) is 0 Å². The van der Waals surface area contributed by atoms with Crippen molar-refractivity contribution in [2.45, 2.75) is 0 Å². The molecule has 1 aliphatic heterocycles. The highest BCUT2D eigenvalue weighted by atomic mass is 16.5. The van der Waals surface area contributed by atoms with Gasteiger partial charge in [-0.3, -0.25) is 9.78 Å². The summed E-state index contributed by atoms with van der Waals surface area (Å²) in [4.78, 5) is 31.2. The Balaban J connectivity index is 1.55. The number of aromatic amines is 1. The molecule has 0 unspecified atom stereocenters. The number of rotatable bonds is 4. The van der Waals surface area contributed by atoms with Crippen LogP contribution in [0.15, 0.2) is 45.6 Å². The third-order valence-electron chi connectivity index (χ3n) is 4.98. The molecule has 4 rings (SSSR count). The molecular formula is C20H21N3O5. The van der Waals surface area contributed by atoms with Crippen molar-refractivity contribution >= 4 is 22.7 Å². The summed E-state index contributed by atoms with van der Waals surface area (Å²) in [6, 6.07) is 10.9. The molecular weight excluding hydrogens is 362 g/mol. The standard InChI is InChI=1S/C20H21N3O5/c1-26-15-7-4-8-16(27-2)17(15)19(24)23-11-9-22(10-12-23)14-6-3-5-13-18(14)28-20(25)21-13/h3-8H,9-12H2,1-2H3,(H,21,25). The second-order valence-corrected chi connectivity index (χ2v) is 6.49. The van der Waals surface area contributed by atoms with E-state index < -0.39 is 5.76 Å². The number of amides is 1. The van der Waals surface area contributed by atoms with Crippen LogP contribution in [0.2, 0.25) is 0 Å². The smallest absolute Gasteiger partial charge is 0.417 e. The van der Waals surface area contributed by atoms with Crippen LogP contribution in [0.25, 0.3) is 11.1 Å². The van der Waals surface area contributed by atoms with Crippen LogP contribution in [0.4, 0.5) is 5.69 Å². The lowest BCUT2D eigenvalue weighted by atomic mass is 10.1. The number of hydrogen-bond donors (Lipinski definition) is 1. The van der Waals surface area contributed by atoms with E-state index in [4.69, 9.17) is 13.9 Å². The van der Waals surface area contributed by atoms with Crippen molar-refractivity contribution in [1.82, 2.24) is 9.88 Å². The molecule has 1 aliphatic rings. The molecule has 2 heterocycles. The molecule has 0 atom stereocenters. The zero-order valence-electron chi connectivity index (χ0n) is 15.7. The minimum absolute atomic E-state index is 0.125. The van der Waals surface area contributed by atoms with Gasteiger partial charge in [0.1, 0.15) is 17.1 Å². The van der Waals surface area contributed by atoms with Crippen molar-refractivity contribution in [2.24, 2.45) is 0 Å². The van der Waals surface area contributed by atoms with E-state index >= 15 is 0 Å². The normalized spacial score (nSPS) is 14.4. The number of aromatic nitrogens is 1. The molecule has 146 valence electrons. The van der Waals surface area contributed by atoms with Crippen LogP contribution < -0.4 is 20.1 Å². The summed E-state index contributed by atoms with van der Waals surface area (Å²) < 4.78 is 16.0. The Labute approximate surface area is 161 Å². The van der Waals surface area contributed by atoms with Gasteiger partial charge in [0.2, 0.25) is 0 Å². The number of nitrogens with one attached hydrogen (secondary N) is 1. The van der Waals surface area contributed by atoms with Crippen molar-refractivity contribution in [3.8, 4) is 11.5 Å². The van der Waals surface area contributed by atoms with Crippen molar-refractivity contribution in [3.63, 3.8) is 0 Å². The van der Waals surface area contributed by atoms with Gasteiger partial charge in [-0.1, -0.05) is 12.1 Å². The lowest BCUT2D eigenvalue weighted by Gasteiger charge is -2.36. The second-order valence-electron chi connectivity index (χ2n) is 6.49. The number of oxazole rings is 1. The van der Waals surface area contributed by atoms with Crippen LogP contribution in [-0.4, -0.2) is 56.2 Å². The molecule has 0 aliphatic carbocycles. The summed E-state index contributed by atoms with van der Waals surface area (Å²) >= 11 is 0. The summed E-state index contributed by atoms with van der Waals surface area (Å²) in [5.41, 5.74) is 2.48. The number of fused-ring (bicyclic) bond motifs is 1. The largest absolute Gasteiger partial charge is 0.496 e. The lowest BCUT2D eigenvalue weighted by Crippen LogP contribution is -2.49. The number of carbonyl (C=O) groups is 1. The molecule has 1 saturated heterocycles. The maximum Gasteiger partial charge on any atom is 0.417 e. The molecule has 2 aromatic carbocycles. The number of H-pyrrole nitrogens is 1. The zero-order chi connectivity index (χ0) is 19.7. The molecule has 1 N–H and O–H groups in total. The van der Waals surface area contributed by atoms with E-state index in [1.807, 2.05) is 12.1 Å². The minimum Gasteiger partial charge on any atom is -0.496 e. The Morgan fingerprint density at radius 2 is 1.64 bits per heavy atom. The van der Waals surface area contributed by atoms with Gasteiger partial charge in [-0.2, -0.15) is 0 Å². The van der Waals surface area contributed by atoms with Gasteiger partial charge in [0.25, 0.3) is 5.91 Å². The van der Waals surface area contributed by atoms with Crippen LogP contribution >= 0.6 is 0 Å². The Kier molecular flexibility index (Phi) is 4.68. The number of para-hydroxylation sites is 1. The summed E-state index contributed by atoms with van der Waals surface area (Å²) in [7, 11) is 3.07. The summed E-state index contributed by atoms with van der Waals surface area (Å²) in [5, 5.41) is 0. The maximum absolute atomic E-state index is 13.1. The third-order valence-corrected chi connectivity index (χ3v) is 4.98. The number of ether oxygens (including phenoxy) is 2. The Morgan fingerprint density at radius 1 is 1.00 bits per heavy atom. The zero-order valence-corrected chi connectivity index (χ0v) is 15.7. The maximum atomic E-state index is 13.1. The number of methoxy groups -OCH3 is 2. The highest BCUT2D eigenvalue weighted by Crippen LogP contribution is 2.31. The minimum atomic E-state index is -0.473. The van der Waals surface area contributed by atoms with E-state index in [0.717, 1.165) is 5.69 Å². The van der Waals surface area contributed by atoms with Crippen molar-refractivity contribution in [3.05, 3.63) is 52.5 Å². The lowest BCUT2D eigenvalue weighted by molar-refractivity contribution is 0.0740. The van der Waals surface area contributed by atoms with Crippen molar-refractivity contribution < 1.29 is 18.7 Å². The molecule has 8 heteroatoms. The predicted octanol–water partition coefficient (Wildman–Crippen LogP) is 2.10. The SMILES string of the molecule is COc1cccc(OC)c1C(=O)N1CCN(c2cccc3[nH]c(=O)oc23)CC1. The summed E-state index contributed by atoms with van der Waals surface area (Å²) in [6.07, 6.45) is 0. The molecule has 0 spiro atoms. The van der Waals surface area contributed by atoms with Gasteiger partial charge in [0, 0.05) is 26.2 Å². The fraction of sp³-hybridized carbons (Fsp3) is 0.300. The number of piperazine rings is 1. The van der Waals surface area contributed by atoms with E-state index in [-0.39, 0.29) is 5.91 Å². The predicted molar refractivity (Wildman–Crippen MR) is 104 cm³/mol. The number of anilines is 1. The van der Waals surface area contributed by atoms with Gasteiger partial charge in [0.05, 0.1) is 25.4 Å². The van der Waals surface area contributed by atoms with E-state index in [9.17, 15) is 9.59 Å². The fourth-order valence-corrected chi connectivity index (χ4v) is 3.58. The average molecular weight is 383 g/mol. The molecule has 1 fully saturated rings. The Morgan fingerprint density at radius 3 is 2.29 bits per heavy atom. The quantitative estimate of drug-likeness (QED) is 0.742. The first-order valence-corrected chi connectivity index (χ1v) is 8.99. The Hall–Kier alpha value is -3.42. The van der Waals surface area contributed by atoms with E-state index in [0.29, 0.717) is 54.3 Å². The third kappa shape index (κ3) is 3.06. The van der Waals surface area contributed by atoms with Crippen LogP contribution in [0.3, 0.4) is 0 Å². The van der Waals surface area contributed by atoms with Crippen molar-refractivity contribution in [2.75, 3.05) is 45.3 Å². The molecule has 1 aromatic heterocycles. The molecule has 1 amide bonds. The van der Waals surface area contributed by atoms with Crippen LogP contribution in [0.1, 0.15) is 10.4 Å². The average Bonchev–Trinajstić information content (AvgIpc) is 3.12. The van der Waals surface area contributed by atoms with Gasteiger partial charge in [-0.05, 0) is 24.3 Å². The molecule has 0 saturated carbocycles. The van der Waals surface area contributed by atoms with Crippen molar-refractivity contribution in [1.29, 1.82) is 0 Å². The van der Waals surface area contributed by atoms with E-state index in [2.05, 4.69) is 9.88 Å². The van der Waals surface area contributed by atoms with E-state index in [1.165, 1.54) is 14.2 Å². The van der Waals surface area contributed by atoms with Gasteiger partial charge >= 0.3 is 5.76 Å². The van der Waals surface area contributed by atoms with Crippen LogP contribution in [0, 0.1) is 0 Å². The second kappa shape index (κ2) is 7.30.